The van der Waals surface area contributed by atoms with Crippen LogP contribution in [0.15, 0.2) is 76.7 Å². The first kappa shape index (κ1) is 22.3. The maximum atomic E-state index is 12.5. The van der Waals surface area contributed by atoms with Crippen molar-refractivity contribution in [2.45, 2.75) is 26.8 Å². The summed E-state index contributed by atoms with van der Waals surface area (Å²) in [4.78, 5) is 22.3. The number of carbonyl (C=O) groups is 1. The first-order valence-corrected chi connectivity index (χ1v) is 11.8. The van der Waals surface area contributed by atoms with Crippen LogP contribution >= 0.6 is 23.4 Å². The SMILES string of the molecule is Cc1cc2c(cc1C)N=C(c1ccccc1)CC(SCC(=O)NCc1ccc(Cl)cc1)=N2. The van der Waals surface area contributed by atoms with Crippen molar-refractivity contribution < 1.29 is 4.79 Å². The number of halogens is 1. The minimum Gasteiger partial charge on any atom is -0.351 e. The molecule has 0 fully saturated rings. The minimum atomic E-state index is -0.0320. The van der Waals surface area contributed by atoms with Gasteiger partial charge in [0.2, 0.25) is 5.91 Å². The summed E-state index contributed by atoms with van der Waals surface area (Å²) in [5.74, 6) is 0.268. The van der Waals surface area contributed by atoms with Crippen molar-refractivity contribution in [1.29, 1.82) is 0 Å². The molecule has 0 aliphatic carbocycles. The Morgan fingerprint density at radius 2 is 1.62 bits per heavy atom. The second-order valence-electron chi connectivity index (χ2n) is 7.72. The van der Waals surface area contributed by atoms with Crippen molar-refractivity contribution in [1.82, 2.24) is 5.32 Å². The van der Waals surface area contributed by atoms with Gasteiger partial charge in [-0.3, -0.25) is 9.79 Å². The van der Waals surface area contributed by atoms with Gasteiger partial charge in [-0.1, -0.05) is 54.1 Å². The Morgan fingerprint density at radius 3 is 2.31 bits per heavy atom. The molecule has 1 aliphatic heterocycles. The standard InChI is InChI=1S/C26H24ClN3OS/c1-17-12-23-24(13-18(17)2)30-26(14-22(29-23)20-6-4-3-5-7-20)32-16-25(31)28-15-19-8-10-21(27)11-9-19/h3-13H,14-16H2,1-2H3,(H,28,31). The van der Waals surface area contributed by atoms with Crippen molar-refractivity contribution in [2.75, 3.05) is 5.75 Å². The number of benzene rings is 3. The summed E-state index contributed by atoms with van der Waals surface area (Å²) in [5.41, 5.74) is 7.12. The van der Waals surface area contributed by atoms with Crippen LogP contribution in [0.4, 0.5) is 11.4 Å². The van der Waals surface area contributed by atoms with E-state index in [1.807, 2.05) is 42.5 Å². The lowest BCUT2D eigenvalue weighted by atomic mass is 10.1. The van der Waals surface area contributed by atoms with Crippen LogP contribution in [-0.2, 0) is 11.3 Å². The van der Waals surface area contributed by atoms with Crippen molar-refractivity contribution in [3.63, 3.8) is 0 Å². The fourth-order valence-corrected chi connectivity index (χ4v) is 4.28. The van der Waals surface area contributed by atoms with Crippen LogP contribution in [-0.4, -0.2) is 22.4 Å². The van der Waals surface area contributed by atoms with Crippen LogP contribution in [0.1, 0.15) is 28.7 Å². The maximum absolute atomic E-state index is 12.5. The van der Waals surface area contributed by atoms with E-state index in [0.717, 1.165) is 33.3 Å². The van der Waals surface area contributed by atoms with E-state index in [0.29, 0.717) is 23.7 Å². The van der Waals surface area contributed by atoms with Gasteiger partial charge in [0.25, 0.3) is 0 Å². The summed E-state index contributed by atoms with van der Waals surface area (Å²) in [5, 5.41) is 4.53. The fourth-order valence-electron chi connectivity index (χ4n) is 3.35. The molecular weight excluding hydrogens is 438 g/mol. The van der Waals surface area contributed by atoms with Gasteiger partial charge in [-0.05, 0) is 60.4 Å². The predicted octanol–water partition coefficient (Wildman–Crippen LogP) is 6.56. The molecule has 0 aromatic heterocycles. The van der Waals surface area contributed by atoms with Crippen LogP contribution in [0.5, 0.6) is 0 Å². The van der Waals surface area contributed by atoms with Gasteiger partial charge >= 0.3 is 0 Å². The van der Waals surface area contributed by atoms with E-state index >= 15 is 0 Å². The van der Waals surface area contributed by atoms with E-state index in [4.69, 9.17) is 21.6 Å². The Kier molecular flexibility index (Phi) is 7.08. The molecule has 1 amide bonds. The molecule has 0 unspecified atom stereocenters. The summed E-state index contributed by atoms with van der Waals surface area (Å²) in [6, 6.07) is 21.8. The molecule has 1 aliphatic rings. The van der Waals surface area contributed by atoms with Crippen molar-refractivity contribution >= 4 is 51.4 Å². The van der Waals surface area contributed by atoms with Crippen LogP contribution in [0.3, 0.4) is 0 Å². The number of aliphatic imine (C=N–C) groups is 2. The Labute approximate surface area is 197 Å². The van der Waals surface area contributed by atoms with E-state index in [2.05, 4.69) is 43.4 Å². The third kappa shape index (κ3) is 5.67. The summed E-state index contributed by atoms with van der Waals surface area (Å²) < 4.78 is 0. The molecule has 0 saturated heterocycles. The lowest BCUT2D eigenvalue weighted by Crippen LogP contribution is -2.25. The van der Waals surface area contributed by atoms with Crippen LogP contribution in [0.2, 0.25) is 5.02 Å². The molecule has 6 heteroatoms. The smallest absolute Gasteiger partial charge is 0.230 e. The molecule has 0 saturated carbocycles. The number of nitrogens with one attached hydrogen (secondary N) is 1. The van der Waals surface area contributed by atoms with Gasteiger partial charge in [-0.2, -0.15) is 0 Å². The molecule has 4 nitrogen and oxygen atoms in total. The number of hydrogen-bond acceptors (Lipinski definition) is 4. The zero-order valence-corrected chi connectivity index (χ0v) is 19.6. The molecule has 0 radical (unpaired) electrons. The molecule has 162 valence electrons. The van der Waals surface area contributed by atoms with Crippen molar-refractivity contribution in [3.8, 4) is 0 Å². The third-order valence-corrected chi connectivity index (χ3v) is 6.52. The number of amides is 1. The zero-order chi connectivity index (χ0) is 22.5. The Hall–Kier alpha value is -2.89. The number of carbonyl (C=O) groups excluding carboxylic acids is 1. The first-order chi connectivity index (χ1) is 15.5. The normalized spacial score (nSPS) is 13.0. The molecule has 3 aromatic carbocycles. The highest BCUT2D eigenvalue weighted by atomic mass is 35.5. The van der Waals surface area contributed by atoms with E-state index in [9.17, 15) is 4.79 Å². The predicted molar refractivity (Wildman–Crippen MR) is 136 cm³/mol. The number of thioether (sulfide) groups is 1. The molecule has 4 rings (SSSR count). The van der Waals surface area contributed by atoms with Gasteiger partial charge in [0.05, 0.1) is 27.9 Å². The number of fused-ring (bicyclic) bond motifs is 1. The highest BCUT2D eigenvalue weighted by molar-refractivity contribution is 8.14. The number of aryl methyl sites for hydroxylation is 2. The van der Waals surface area contributed by atoms with E-state index in [-0.39, 0.29) is 5.91 Å². The Morgan fingerprint density at radius 1 is 0.969 bits per heavy atom. The quantitative estimate of drug-likeness (QED) is 0.467. The second-order valence-corrected chi connectivity index (χ2v) is 9.21. The molecule has 1 N–H and O–H groups in total. The summed E-state index contributed by atoms with van der Waals surface area (Å²) in [6.07, 6.45) is 0.589. The van der Waals surface area contributed by atoms with E-state index in [1.54, 1.807) is 0 Å². The number of nitrogens with zero attached hydrogens (tertiary/aromatic N) is 2. The molecular formula is C26H24ClN3OS. The highest BCUT2D eigenvalue weighted by Gasteiger charge is 2.17. The maximum Gasteiger partial charge on any atom is 0.230 e. The lowest BCUT2D eigenvalue weighted by Gasteiger charge is -2.08. The monoisotopic (exact) mass is 461 g/mol. The lowest BCUT2D eigenvalue weighted by molar-refractivity contribution is -0.118. The summed E-state index contributed by atoms with van der Waals surface area (Å²) in [6.45, 7) is 4.64. The Bertz CT molecular complexity index is 1190. The first-order valence-electron chi connectivity index (χ1n) is 10.4. The van der Waals surface area contributed by atoms with Crippen LogP contribution < -0.4 is 5.32 Å². The van der Waals surface area contributed by atoms with Crippen LogP contribution in [0, 0.1) is 13.8 Å². The highest BCUT2D eigenvalue weighted by Crippen LogP contribution is 2.35. The molecule has 1 heterocycles. The van der Waals surface area contributed by atoms with E-state index in [1.165, 1.54) is 22.9 Å². The van der Waals surface area contributed by atoms with Crippen molar-refractivity contribution in [3.05, 3.63) is 94.0 Å². The molecule has 0 bridgehead atoms. The number of hydrogen-bond donors (Lipinski definition) is 1. The largest absolute Gasteiger partial charge is 0.351 e. The average molecular weight is 462 g/mol. The third-order valence-electron chi connectivity index (χ3n) is 5.29. The van der Waals surface area contributed by atoms with Gasteiger partial charge in [0, 0.05) is 18.0 Å². The second kappa shape index (κ2) is 10.2. The van der Waals surface area contributed by atoms with E-state index < -0.39 is 0 Å². The van der Waals surface area contributed by atoms with Gasteiger partial charge in [0.15, 0.2) is 0 Å². The minimum absolute atomic E-state index is 0.0320. The van der Waals surface area contributed by atoms with Crippen LogP contribution in [0.25, 0.3) is 0 Å². The Balaban J connectivity index is 1.50. The van der Waals surface area contributed by atoms with Crippen molar-refractivity contribution in [2.24, 2.45) is 9.98 Å². The van der Waals surface area contributed by atoms with Gasteiger partial charge in [-0.25, -0.2) is 4.99 Å². The zero-order valence-electron chi connectivity index (χ0n) is 18.1. The summed E-state index contributed by atoms with van der Waals surface area (Å²) >= 11 is 7.38. The molecule has 0 spiro atoms. The average Bonchev–Trinajstić information content (AvgIpc) is 2.97. The molecule has 32 heavy (non-hydrogen) atoms. The van der Waals surface area contributed by atoms with Gasteiger partial charge < -0.3 is 5.32 Å². The molecule has 0 atom stereocenters. The van der Waals surface area contributed by atoms with Gasteiger partial charge in [-0.15, -0.1) is 11.8 Å². The number of rotatable bonds is 5. The summed E-state index contributed by atoms with van der Waals surface area (Å²) in [7, 11) is 0. The molecule has 3 aromatic rings. The van der Waals surface area contributed by atoms with Gasteiger partial charge in [0.1, 0.15) is 0 Å². The fraction of sp³-hybridized carbons (Fsp3) is 0.192. The topological polar surface area (TPSA) is 53.8 Å².